The topological polar surface area (TPSA) is 127 Å². The van der Waals surface area contributed by atoms with Gasteiger partial charge in [0.15, 0.2) is 0 Å². The Morgan fingerprint density at radius 3 is 1.70 bits per heavy atom. The van der Waals surface area contributed by atoms with Gasteiger partial charge in [-0.25, -0.2) is 4.79 Å². The maximum Gasteiger partial charge on any atom is 0.490 e. The van der Waals surface area contributed by atoms with E-state index in [2.05, 4.69) is 13.8 Å². The zero-order valence-electron chi connectivity index (χ0n) is 13.2. The lowest BCUT2D eigenvalue weighted by Crippen LogP contribution is -2.46. The zero-order valence-corrected chi connectivity index (χ0v) is 13.2. The van der Waals surface area contributed by atoms with Crippen LogP contribution in [0.1, 0.15) is 39.5 Å². The molecule has 7 nitrogen and oxygen atoms in total. The molecule has 0 aliphatic heterocycles. The molecule has 0 aliphatic carbocycles. The average molecular weight is 343 g/mol. The van der Waals surface area contributed by atoms with Gasteiger partial charge in [-0.2, -0.15) is 13.2 Å². The Morgan fingerprint density at radius 1 is 1.09 bits per heavy atom. The Labute approximate surface area is 132 Å². The molecular weight excluding hydrogens is 319 g/mol. The van der Waals surface area contributed by atoms with Crippen LogP contribution in [0.2, 0.25) is 0 Å². The number of aliphatic carboxylic acids is 1. The molecule has 10 heteroatoms. The fourth-order valence-corrected chi connectivity index (χ4v) is 1.78. The van der Waals surface area contributed by atoms with Crippen molar-refractivity contribution in [3.8, 4) is 0 Å². The van der Waals surface area contributed by atoms with Gasteiger partial charge in [0.25, 0.3) is 0 Å². The number of carbonyl (C=O) groups is 3. The van der Waals surface area contributed by atoms with Crippen molar-refractivity contribution in [2.45, 2.75) is 51.7 Å². The Bertz CT molecular complexity index is 383. The fraction of sp³-hybridized carbons (Fsp3) is 0.769. The van der Waals surface area contributed by atoms with E-state index in [0.29, 0.717) is 6.42 Å². The number of hydrogen-bond donors (Lipinski definition) is 3. The van der Waals surface area contributed by atoms with E-state index >= 15 is 0 Å². The van der Waals surface area contributed by atoms with Crippen LogP contribution in [0.3, 0.4) is 0 Å². The predicted octanol–water partition coefficient (Wildman–Crippen LogP) is 0.861. The van der Waals surface area contributed by atoms with Gasteiger partial charge in [0.1, 0.15) is 0 Å². The highest BCUT2D eigenvalue weighted by atomic mass is 19.4. The second kappa shape index (κ2) is 11.7. The first-order valence-electron chi connectivity index (χ1n) is 7.09. The van der Waals surface area contributed by atoms with Crippen molar-refractivity contribution in [2.75, 3.05) is 13.1 Å². The van der Waals surface area contributed by atoms with E-state index < -0.39 is 12.1 Å². The maximum atomic E-state index is 11.3. The van der Waals surface area contributed by atoms with Gasteiger partial charge in [-0.05, 0) is 32.4 Å². The van der Waals surface area contributed by atoms with Crippen molar-refractivity contribution < 1.29 is 32.7 Å². The third-order valence-corrected chi connectivity index (χ3v) is 2.70. The van der Waals surface area contributed by atoms with Gasteiger partial charge >= 0.3 is 12.1 Å². The highest BCUT2D eigenvalue weighted by Crippen LogP contribution is 2.13. The van der Waals surface area contributed by atoms with Gasteiger partial charge in [-0.3, -0.25) is 14.5 Å². The number of amides is 2. The number of carboxylic acids is 1. The molecule has 23 heavy (non-hydrogen) atoms. The molecule has 0 fully saturated rings. The van der Waals surface area contributed by atoms with Crippen LogP contribution in [0.4, 0.5) is 13.2 Å². The summed E-state index contributed by atoms with van der Waals surface area (Å²) in [5, 5.41) is 7.12. The quantitative estimate of drug-likeness (QED) is 0.572. The standard InChI is InChI=1S/C11H23N3O2.C2HF3O2/c1-3-7-14(8-4-2)9(11(13)16)5-6-10(12)15;3-2(4,5)1(6)7/h9H,3-8H2,1-2H3,(H2,12,15)(H2,13,16);(H,6,7)/t9-;/m0./s1. The normalized spacial score (nSPS) is 12.3. The van der Waals surface area contributed by atoms with E-state index in [-0.39, 0.29) is 24.3 Å². The summed E-state index contributed by atoms with van der Waals surface area (Å²) in [7, 11) is 0. The van der Waals surface area contributed by atoms with Gasteiger partial charge in [-0.1, -0.05) is 13.8 Å². The first kappa shape index (κ1) is 23.4. The van der Waals surface area contributed by atoms with Crippen LogP contribution in [-0.2, 0) is 14.4 Å². The van der Waals surface area contributed by atoms with Gasteiger partial charge < -0.3 is 16.6 Å². The summed E-state index contributed by atoms with van der Waals surface area (Å²) >= 11 is 0. The minimum absolute atomic E-state index is 0.206. The van der Waals surface area contributed by atoms with Crippen molar-refractivity contribution in [1.29, 1.82) is 0 Å². The Balaban J connectivity index is 0. The Hall–Kier alpha value is -1.84. The Kier molecular flexibility index (Phi) is 11.9. The average Bonchev–Trinajstić information content (AvgIpc) is 2.38. The summed E-state index contributed by atoms with van der Waals surface area (Å²) in [4.78, 5) is 33.0. The molecular formula is C13H24F3N3O4. The van der Waals surface area contributed by atoms with Gasteiger partial charge in [-0.15, -0.1) is 0 Å². The third-order valence-electron chi connectivity index (χ3n) is 2.70. The molecule has 0 saturated carbocycles. The summed E-state index contributed by atoms with van der Waals surface area (Å²) < 4.78 is 31.7. The number of rotatable bonds is 9. The summed E-state index contributed by atoms with van der Waals surface area (Å²) in [6, 6.07) is -0.368. The van der Waals surface area contributed by atoms with Crippen LogP contribution in [0.25, 0.3) is 0 Å². The molecule has 5 N–H and O–H groups in total. The lowest BCUT2D eigenvalue weighted by atomic mass is 10.1. The summed E-state index contributed by atoms with van der Waals surface area (Å²) in [5.74, 6) is -3.52. The van der Waals surface area contributed by atoms with E-state index in [1.54, 1.807) is 0 Å². The zero-order chi connectivity index (χ0) is 18.6. The first-order valence-corrected chi connectivity index (χ1v) is 7.09. The summed E-state index contributed by atoms with van der Waals surface area (Å²) in [6.45, 7) is 5.74. The molecule has 0 aromatic carbocycles. The lowest BCUT2D eigenvalue weighted by molar-refractivity contribution is -0.192. The minimum atomic E-state index is -5.08. The van der Waals surface area contributed by atoms with Crippen LogP contribution < -0.4 is 11.5 Å². The molecule has 0 aromatic rings. The molecule has 0 unspecified atom stereocenters. The van der Waals surface area contributed by atoms with Gasteiger partial charge in [0.05, 0.1) is 6.04 Å². The smallest absolute Gasteiger partial charge is 0.475 e. The highest BCUT2D eigenvalue weighted by Gasteiger charge is 2.38. The second-order valence-electron chi connectivity index (χ2n) is 4.76. The van der Waals surface area contributed by atoms with E-state index in [4.69, 9.17) is 21.4 Å². The molecule has 0 aliphatic rings. The van der Waals surface area contributed by atoms with Crippen molar-refractivity contribution in [3.63, 3.8) is 0 Å². The maximum absolute atomic E-state index is 11.3. The summed E-state index contributed by atoms with van der Waals surface area (Å²) in [5.41, 5.74) is 10.4. The highest BCUT2D eigenvalue weighted by molar-refractivity contribution is 5.81. The minimum Gasteiger partial charge on any atom is -0.475 e. The molecule has 0 radical (unpaired) electrons. The molecule has 0 heterocycles. The molecule has 0 spiro atoms. The molecule has 1 atom stereocenters. The number of nitrogens with zero attached hydrogens (tertiary/aromatic N) is 1. The van der Waals surface area contributed by atoms with Crippen molar-refractivity contribution in [2.24, 2.45) is 11.5 Å². The van der Waals surface area contributed by atoms with Crippen molar-refractivity contribution in [3.05, 3.63) is 0 Å². The van der Waals surface area contributed by atoms with Gasteiger partial charge in [0.2, 0.25) is 11.8 Å². The molecule has 0 saturated heterocycles. The number of nitrogens with two attached hydrogens (primary N) is 2. The molecule has 2 amide bonds. The number of hydrogen-bond acceptors (Lipinski definition) is 4. The predicted molar refractivity (Wildman–Crippen MR) is 77.3 cm³/mol. The molecule has 0 bridgehead atoms. The number of carboxylic acid groups (broad SMARTS) is 1. The first-order chi connectivity index (χ1) is 10.5. The van der Waals surface area contributed by atoms with Gasteiger partial charge in [0, 0.05) is 6.42 Å². The second-order valence-corrected chi connectivity index (χ2v) is 4.76. The number of primary amides is 2. The largest absolute Gasteiger partial charge is 0.490 e. The Morgan fingerprint density at radius 2 is 1.48 bits per heavy atom. The molecule has 136 valence electrons. The third kappa shape index (κ3) is 12.4. The van der Waals surface area contributed by atoms with E-state index in [9.17, 15) is 22.8 Å². The molecule has 0 aromatic heterocycles. The number of halogens is 3. The number of alkyl halides is 3. The van der Waals surface area contributed by atoms with Crippen molar-refractivity contribution in [1.82, 2.24) is 4.90 Å². The van der Waals surface area contributed by atoms with Crippen LogP contribution in [0.5, 0.6) is 0 Å². The van der Waals surface area contributed by atoms with E-state index in [1.165, 1.54) is 0 Å². The fourth-order valence-electron chi connectivity index (χ4n) is 1.78. The monoisotopic (exact) mass is 343 g/mol. The van der Waals surface area contributed by atoms with E-state index in [0.717, 1.165) is 25.9 Å². The SMILES string of the molecule is CCCN(CCC)[C@@H](CCC(N)=O)C(N)=O.O=C(O)C(F)(F)F. The van der Waals surface area contributed by atoms with Crippen LogP contribution in [0.15, 0.2) is 0 Å². The van der Waals surface area contributed by atoms with Crippen molar-refractivity contribution >= 4 is 17.8 Å². The van der Waals surface area contributed by atoms with Crippen LogP contribution in [-0.4, -0.2) is 53.1 Å². The van der Waals surface area contributed by atoms with Crippen LogP contribution in [0, 0.1) is 0 Å². The van der Waals surface area contributed by atoms with E-state index in [1.807, 2.05) is 4.90 Å². The number of carbonyl (C=O) groups excluding carboxylic acids is 2. The van der Waals surface area contributed by atoms with Crippen LogP contribution >= 0.6 is 0 Å². The summed E-state index contributed by atoms with van der Waals surface area (Å²) in [6.07, 6.45) is -2.54. The lowest BCUT2D eigenvalue weighted by Gasteiger charge is -2.28. The molecule has 0 rings (SSSR count).